The third-order valence-electron chi connectivity index (χ3n) is 4.54. The van der Waals surface area contributed by atoms with Gasteiger partial charge in [0.15, 0.2) is 16.7 Å². The molecule has 2 aromatic heterocycles. The lowest BCUT2D eigenvalue weighted by molar-refractivity contribution is -0.128. The number of thioether (sulfide) groups is 1. The van der Waals surface area contributed by atoms with E-state index in [4.69, 9.17) is 9.47 Å². The lowest BCUT2D eigenvalue weighted by Crippen LogP contribution is -2.32. The van der Waals surface area contributed by atoms with Gasteiger partial charge in [-0.2, -0.15) is 0 Å². The molecule has 29 heavy (non-hydrogen) atoms. The number of amides is 1. The second-order valence-corrected chi connectivity index (χ2v) is 8.12. The van der Waals surface area contributed by atoms with E-state index < -0.39 is 0 Å². The van der Waals surface area contributed by atoms with Gasteiger partial charge < -0.3 is 14.4 Å². The highest BCUT2D eigenvalue weighted by molar-refractivity contribution is 7.99. The summed E-state index contributed by atoms with van der Waals surface area (Å²) in [5.41, 5.74) is 0.859. The largest absolute Gasteiger partial charge is 0.493 e. The quantitative estimate of drug-likeness (QED) is 0.401. The zero-order chi connectivity index (χ0) is 21.0. The summed E-state index contributed by atoms with van der Waals surface area (Å²) in [5, 5.41) is 3.00. The molecule has 0 saturated carbocycles. The summed E-state index contributed by atoms with van der Waals surface area (Å²) in [6.45, 7) is 2.98. The van der Waals surface area contributed by atoms with Gasteiger partial charge in [0.05, 0.1) is 25.4 Å². The number of ether oxygens (including phenoxy) is 2. The molecule has 0 aliphatic rings. The van der Waals surface area contributed by atoms with Crippen molar-refractivity contribution >= 4 is 39.2 Å². The van der Waals surface area contributed by atoms with E-state index >= 15 is 0 Å². The van der Waals surface area contributed by atoms with Gasteiger partial charge in [-0.3, -0.25) is 14.2 Å². The molecule has 3 rings (SSSR count). The number of thiophene rings is 1. The number of aromatic nitrogens is 2. The van der Waals surface area contributed by atoms with Crippen LogP contribution in [-0.2, 0) is 18.4 Å². The summed E-state index contributed by atoms with van der Waals surface area (Å²) in [4.78, 5) is 32.2. The van der Waals surface area contributed by atoms with E-state index in [2.05, 4.69) is 4.98 Å². The number of hydrogen-bond donors (Lipinski definition) is 0. The Bertz CT molecular complexity index is 1080. The van der Waals surface area contributed by atoms with Gasteiger partial charge >= 0.3 is 0 Å². The average molecular weight is 434 g/mol. The van der Waals surface area contributed by atoms with E-state index in [1.54, 1.807) is 32.2 Å². The molecule has 0 aliphatic heterocycles. The summed E-state index contributed by atoms with van der Waals surface area (Å²) < 4.78 is 12.1. The first-order valence-corrected chi connectivity index (χ1v) is 10.9. The third kappa shape index (κ3) is 4.56. The fourth-order valence-electron chi connectivity index (χ4n) is 2.90. The Morgan fingerprint density at radius 1 is 1.24 bits per heavy atom. The van der Waals surface area contributed by atoms with Gasteiger partial charge in [0.1, 0.15) is 4.83 Å². The number of methoxy groups -OCH3 is 2. The number of fused-ring (bicyclic) bond motifs is 1. The predicted molar refractivity (Wildman–Crippen MR) is 116 cm³/mol. The van der Waals surface area contributed by atoms with Crippen molar-refractivity contribution in [3.05, 3.63) is 45.6 Å². The van der Waals surface area contributed by atoms with Crippen molar-refractivity contribution in [2.45, 2.75) is 18.6 Å². The molecule has 0 radical (unpaired) electrons. The lowest BCUT2D eigenvalue weighted by atomic mass is 10.2. The van der Waals surface area contributed by atoms with Gasteiger partial charge in [0, 0.05) is 20.1 Å². The van der Waals surface area contributed by atoms with Crippen molar-refractivity contribution in [1.82, 2.24) is 14.5 Å². The van der Waals surface area contributed by atoms with Crippen molar-refractivity contribution in [2.75, 3.05) is 26.5 Å². The highest BCUT2D eigenvalue weighted by Crippen LogP contribution is 2.28. The number of nitrogens with zero attached hydrogens (tertiary/aromatic N) is 3. The normalized spacial score (nSPS) is 10.9. The Morgan fingerprint density at radius 3 is 2.69 bits per heavy atom. The standard InChI is InChI=1S/C20H23N3O4S2/c1-5-23(11-13-6-7-15(26-3)16(10-13)27-4)17(24)12-29-20-21-18-14(8-9-28-18)19(25)22(20)2/h6-10H,5,11-12H2,1-4H3. The van der Waals surface area contributed by atoms with Gasteiger partial charge in [0.25, 0.3) is 5.56 Å². The predicted octanol–water partition coefficient (Wildman–Crippen LogP) is 3.15. The first-order valence-electron chi connectivity index (χ1n) is 9.04. The van der Waals surface area contributed by atoms with Gasteiger partial charge in [0.2, 0.25) is 5.91 Å². The van der Waals surface area contributed by atoms with Crippen LogP contribution in [0.15, 0.2) is 39.6 Å². The van der Waals surface area contributed by atoms with E-state index in [9.17, 15) is 9.59 Å². The molecule has 0 atom stereocenters. The third-order valence-corrected chi connectivity index (χ3v) is 6.37. The molecular formula is C20H23N3O4S2. The summed E-state index contributed by atoms with van der Waals surface area (Å²) in [6, 6.07) is 7.40. The van der Waals surface area contributed by atoms with Crippen molar-refractivity contribution in [1.29, 1.82) is 0 Å². The van der Waals surface area contributed by atoms with Crippen LogP contribution in [0.4, 0.5) is 0 Å². The van der Waals surface area contributed by atoms with E-state index in [0.29, 0.717) is 40.0 Å². The number of hydrogen-bond acceptors (Lipinski definition) is 7. The average Bonchev–Trinajstić information content (AvgIpc) is 3.21. The first kappa shape index (κ1) is 21.2. The number of benzene rings is 1. The Kier molecular flexibility index (Phi) is 6.81. The molecule has 0 saturated heterocycles. The SMILES string of the molecule is CCN(Cc1ccc(OC)c(OC)c1)C(=O)CSc1nc2sccc2c(=O)n1C. The lowest BCUT2D eigenvalue weighted by Gasteiger charge is -2.21. The molecule has 0 N–H and O–H groups in total. The van der Waals surface area contributed by atoms with Crippen molar-refractivity contribution in [2.24, 2.45) is 7.05 Å². The molecule has 0 unspecified atom stereocenters. The van der Waals surface area contributed by atoms with Crippen molar-refractivity contribution in [3.63, 3.8) is 0 Å². The molecular weight excluding hydrogens is 410 g/mol. The summed E-state index contributed by atoms with van der Waals surface area (Å²) >= 11 is 2.70. The van der Waals surface area contributed by atoms with Gasteiger partial charge in [-0.15, -0.1) is 11.3 Å². The highest BCUT2D eigenvalue weighted by Gasteiger charge is 2.16. The molecule has 3 aromatic rings. The highest BCUT2D eigenvalue weighted by atomic mass is 32.2. The molecule has 0 bridgehead atoms. The topological polar surface area (TPSA) is 73.7 Å². The van der Waals surface area contributed by atoms with Crippen LogP contribution in [-0.4, -0.2) is 46.9 Å². The maximum atomic E-state index is 12.8. The summed E-state index contributed by atoms with van der Waals surface area (Å²) in [6.07, 6.45) is 0. The molecule has 0 spiro atoms. The van der Waals surface area contributed by atoms with E-state index in [0.717, 1.165) is 5.56 Å². The van der Waals surface area contributed by atoms with Crippen LogP contribution in [0.5, 0.6) is 11.5 Å². The molecule has 7 nitrogen and oxygen atoms in total. The number of carbonyl (C=O) groups is 1. The monoisotopic (exact) mass is 433 g/mol. The van der Waals surface area contributed by atoms with Crippen LogP contribution in [0.3, 0.4) is 0 Å². The molecule has 154 valence electrons. The Balaban J connectivity index is 1.71. The van der Waals surface area contributed by atoms with Gasteiger partial charge in [-0.05, 0) is 36.1 Å². The van der Waals surface area contributed by atoms with Crippen LogP contribution in [0.25, 0.3) is 10.2 Å². The van der Waals surface area contributed by atoms with E-state index in [1.807, 2.05) is 30.5 Å². The molecule has 0 fully saturated rings. The number of carbonyl (C=O) groups excluding carboxylic acids is 1. The maximum Gasteiger partial charge on any atom is 0.262 e. The van der Waals surface area contributed by atoms with Crippen LogP contribution in [0.2, 0.25) is 0 Å². The molecule has 1 aromatic carbocycles. The Labute approximate surface area is 177 Å². The summed E-state index contributed by atoms with van der Waals surface area (Å²) in [5.74, 6) is 1.47. The Hall–Kier alpha value is -2.52. The first-order chi connectivity index (χ1) is 14.0. The zero-order valence-corrected chi connectivity index (χ0v) is 18.4. The smallest absolute Gasteiger partial charge is 0.262 e. The van der Waals surface area contributed by atoms with Crippen molar-refractivity contribution in [3.8, 4) is 11.5 Å². The van der Waals surface area contributed by atoms with Crippen LogP contribution in [0.1, 0.15) is 12.5 Å². The minimum atomic E-state index is -0.0936. The maximum absolute atomic E-state index is 12.8. The van der Waals surface area contributed by atoms with Gasteiger partial charge in [-0.25, -0.2) is 4.98 Å². The van der Waals surface area contributed by atoms with Gasteiger partial charge in [-0.1, -0.05) is 17.8 Å². The molecule has 1 amide bonds. The minimum absolute atomic E-state index is 0.0205. The summed E-state index contributed by atoms with van der Waals surface area (Å²) in [7, 11) is 4.86. The fraction of sp³-hybridized carbons (Fsp3) is 0.350. The second kappa shape index (κ2) is 9.32. The van der Waals surface area contributed by atoms with Crippen LogP contribution < -0.4 is 15.0 Å². The van der Waals surface area contributed by atoms with Crippen molar-refractivity contribution < 1.29 is 14.3 Å². The fourth-order valence-corrected chi connectivity index (χ4v) is 4.58. The van der Waals surface area contributed by atoms with E-state index in [1.165, 1.54) is 27.7 Å². The number of rotatable bonds is 8. The Morgan fingerprint density at radius 2 is 2.00 bits per heavy atom. The molecule has 0 aliphatic carbocycles. The second-order valence-electron chi connectivity index (χ2n) is 6.28. The minimum Gasteiger partial charge on any atom is -0.493 e. The molecule has 2 heterocycles. The van der Waals surface area contributed by atoms with E-state index in [-0.39, 0.29) is 17.2 Å². The molecule has 9 heteroatoms. The van der Waals surface area contributed by atoms with Crippen LogP contribution >= 0.6 is 23.1 Å². The van der Waals surface area contributed by atoms with Crippen LogP contribution in [0, 0.1) is 0 Å². The zero-order valence-electron chi connectivity index (χ0n) is 16.8.